The lowest BCUT2D eigenvalue weighted by molar-refractivity contribution is -0.133. The number of carbonyl (C=O) groups is 2. The van der Waals surface area contributed by atoms with Crippen LogP contribution >= 0.6 is 12.2 Å². The van der Waals surface area contributed by atoms with Crippen molar-refractivity contribution in [2.24, 2.45) is 7.05 Å². The molecule has 0 spiro atoms. The predicted molar refractivity (Wildman–Crippen MR) is 139 cm³/mol. The van der Waals surface area contributed by atoms with E-state index in [1.807, 2.05) is 31.5 Å². The van der Waals surface area contributed by atoms with Crippen LogP contribution in [0.2, 0.25) is 0 Å². The minimum atomic E-state index is -0.334. The highest BCUT2D eigenvalue weighted by Gasteiger charge is 2.38. The van der Waals surface area contributed by atoms with Crippen LogP contribution < -0.4 is 0 Å². The van der Waals surface area contributed by atoms with Gasteiger partial charge >= 0.3 is 0 Å². The summed E-state index contributed by atoms with van der Waals surface area (Å²) in [6.45, 7) is 15.7. The normalized spacial score (nSPS) is 14.8. The van der Waals surface area contributed by atoms with Gasteiger partial charge in [0.1, 0.15) is 5.57 Å². The number of thiocarbonyl (C=S) groups is 1. The molecule has 1 aliphatic heterocycles. The van der Waals surface area contributed by atoms with Gasteiger partial charge in [0.2, 0.25) is 0 Å². The summed E-state index contributed by atoms with van der Waals surface area (Å²) >= 11 is 5.37. The van der Waals surface area contributed by atoms with Crippen LogP contribution in [0, 0.1) is 6.92 Å². The van der Waals surface area contributed by atoms with Gasteiger partial charge in [-0.25, -0.2) is 0 Å². The fraction of sp³-hybridized carbons (Fsp3) is 0.444. The molecule has 176 valence electrons. The van der Waals surface area contributed by atoms with Gasteiger partial charge in [-0.05, 0) is 97.4 Å². The zero-order chi connectivity index (χ0) is 24.6. The zero-order valence-electron chi connectivity index (χ0n) is 21.0. The van der Waals surface area contributed by atoms with Crippen LogP contribution in [-0.4, -0.2) is 44.4 Å². The van der Waals surface area contributed by atoms with Crippen LogP contribution in [0.1, 0.15) is 75.8 Å². The lowest BCUT2D eigenvalue weighted by Gasteiger charge is -2.35. The number of amides is 2. The number of rotatable bonds is 6. The van der Waals surface area contributed by atoms with Gasteiger partial charge in [-0.1, -0.05) is 27.7 Å². The molecule has 0 radical (unpaired) electrons. The van der Waals surface area contributed by atoms with Crippen LogP contribution in [0.4, 0.5) is 0 Å². The van der Waals surface area contributed by atoms with E-state index in [0.717, 1.165) is 17.0 Å². The molecule has 6 heteroatoms. The highest BCUT2D eigenvalue weighted by molar-refractivity contribution is 7.80. The SMILES string of the molecule is CCN1C(=O)C(=Cc2ccc(-c3cc(C(C)C)c(C)c(C(C)C)c3)n2C)C(=O)N(CC)C1=S. The summed E-state index contributed by atoms with van der Waals surface area (Å²) < 4.78 is 2.05. The Kier molecular flexibility index (Phi) is 7.27. The summed E-state index contributed by atoms with van der Waals surface area (Å²) in [5.74, 6) is 0.176. The molecule has 5 nitrogen and oxygen atoms in total. The predicted octanol–water partition coefficient (Wildman–Crippen LogP) is 5.63. The summed E-state index contributed by atoms with van der Waals surface area (Å²) in [6, 6.07) is 8.56. The number of hydrogen-bond donors (Lipinski definition) is 0. The first-order valence-electron chi connectivity index (χ1n) is 11.7. The standard InChI is InChI=1S/C27H35N3O2S/c1-9-29-25(31)23(26(32)30(10-2)27(29)33)15-20-11-12-24(28(20)8)19-13-21(16(3)4)18(7)22(14-19)17(5)6/h11-17H,9-10H2,1-8H3. The Hall–Kier alpha value is -2.73. The Labute approximate surface area is 203 Å². The number of hydrogen-bond acceptors (Lipinski definition) is 3. The molecule has 1 aliphatic rings. The summed E-state index contributed by atoms with van der Waals surface area (Å²) in [4.78, 5) is 29.0. The summed E-state index contributed by atoms with van der Waals surface area (Å²) in [6.07, 6.45) is 1.70. The van der Waals surface area contributed by atoms with E-state index in [2.05, 4.69) is 52.8 Å². The van der Waals surface area contributed by atoms with E-state index in [9.17, 15) is 9.59 Å². The van der Waals surface area contributed by atoms with Crippen LogP contribution in [-0.2, 0) is 16.6 Å². The molecule has 0 saturated carbocycles. The molecule has 0 unspecified atom stereocenters. The maximum absolute atomic E-state index is 13.0. The van der Waals surface area contributed by atoms with Gasteiger partial charge in [-0.2, -0.15) is 0 Å². The fourth-order valence-corrected chi connectivity index (χ4v) is 5.02. The number of aromatic nitrogens is 1. The van der Waals surface area contributed by atoms with Crippen LogP contribution in [0.5, 0.6) is 0 Å². The van der Waals surface area contributed by atoms with Crippen molar-refractivity contribution in [1.82, 2.24) is 14.4 Å². The van der Waals surface area contributed by atoms with E-state index in [1.54, 1.807) is 6.08 Å². The van der Waals surface area contributed by atoms with Crippen LogP contribution in [0.15, 0.2) is 29.8 Å². The van der Waals surface area contributed by atoms with Gasteiger partial charge in [0.25, 0.3) is 11.8 Å². The maximum atomic E-state index is 13.0. The highest BCUT2D eigenvalue weighted by atomic mass is 32.1. The number of benzene rings is 1. The first kappa shape index (κ1) is 24.9. The molecule has 1 aromatic carbocycles. The molecule has 33 heavy (non-hydrogen) atoms. The lowest BCUT2D eigenvalue weighted by Crippen LogP contribution is -2.55. The van der Waals surface area contributed by atoms with Crippen molar-refractivity contribution in [3.63, 3.8) is 0 Å². The van der Waals surface area contributed by atoms with E-state index >= 15 is 0 Å². The third-order valence-corrected chi connectivity index (χ3v) is 6.97. The summed E-state index contributed by atoms with van der Waals surface area (Å²) in [7, 11) is 1.98. The number of nitrogens with zero attached hydrogens (tertiary/aromatic N) is 3. The average molecular weight is 466 g/mol. The van der Waals surface area contributed by atoms with E-state index in [0.29, 0.717) is 24.9 Å². The smallest absolute Gasteiger partial charge is 0.265 e. The summed E-state index contributed by atoms with van der Waals surface area (Å²) in [5.41, 5.74) is 7.20. The minimum Gasteiger partial charge on any atom is -0.344 e. The highest BCUT2D eigenvalue weighted by Crippen LogP contribution is 2.34. The van der Waals surface area contributed by atoms with Gasteiger partial charge < -0.3 is 4.57 Å². The molecular formula is C27H35N3O2S. The van der Waals surface area contributed by atoms with Crippen molar-refractivity contribution in [1.29, 1.82) is 0 Å². The molecule has 1 saturated heterocycles. The minimum absolute atomic E-state index is 0.148. The second-order valence-corrected chi connectivity index (χ2v) is 9.60. The number of carbonyl (C=O) groups excluding carboxylic acids is 2. The van der Waals surface area contributed by atoms with E-state index in [-0.39, 0.29) is 22.5 Å². The molecular weight excluding hydrogens is 430 g/mol. The second-order valence-electron chi connectivity index (χ2n) is 9.23. The largest absolute Gasteiger partial charge is 0.344 e. The Bertz CT molecular complexity index is 1080. The molecule has 0 N–H and O–H groups in total. The van der Waals surface area contributed by atoms with Crippen molar-refractivity contribution in [2.45, 2.75) is 60.3 Å². The average Bonchev–Trinajstić information content (AvgIpc) is 3.11. The monoisotopic (exact) mass is 465 g/mol. The molecule has 2 heterocycles. The van der Waals surface area contributed by atoms with Crippen molar-refractivity contribution in [2.75, 3.05) is 13.1 Å². The van der Waals surface area contributed by atoms with Crippen LogP contribution in [0.3, 0.4) is 0 Å². The number of likely N-dealkylation sites (N-methyl/N-ethyl adjacent to an activating group) is 2. The molecule has 1 aromatic heterocycles. The van der Waals surface area contributed by atoms with Gasteiger partial charge in [0.15, 0.2) is 5.11 Å². The Balaban J connectivity index is 2.11. The van der Waals surface area contributed by atoms with Crippen LogP contribution in [0.25, 0.3) is 17.3 Å². The van der Waals surface area contributed by atoms with E-state index in [1.165, 1.54) is 26.5 Å². The Morgan fingerprint density at radius 1 is 0.909 bits per heavy atom. The Morgan fingerprint density at radius 2 is 1.39 bits per heavy atom. The van der Waals surface area contributed by atoms with Gasteiger partial charge in [0, 0.05) is 31.5 Å². The molecule has 1 fully saturated rings. The molecule has 2 aromatic rings. The Morgan fingerprint density at radius 3 is 1.82 bits per heavy atom. The first-order valence-corrected chi connectivity index (χ1v) is 12.1. The quantitative estimate of drug-likeness (QED) is 0.316. The van der Waals surface area contributed by atoms with Crippen molar-refractivity contribution >= 4 is 35.2 Å². The van der Waals surface area contributed by atoms with Gasteiger partial charge in [-0.15, -0.1) is 0 Å². The molecule has 0 atom stereocenters. The van der Waals surface area contributed by atoms with E-state index < -0.39 is 0 Å². The topological polar surface area (TPSA) is 45.6 Å². The molecule has 2 amide bonds. The third kappa shape index (κ3) is 4.41. The van der Waals surface area contributed by atoms with E-state index in [4.69, 9.17) is 12.2 Å². The van der Waals surface area contributed by atoms with Crippen molar-refractivity contribution < 1.29 is 9.59 Å². The molecule has 3 rings (SSSR count). The molecule has 0 bridgehead atoms. The van der Waals surface area contributed by atoms with Crippen molar-refractivity contribution in [3.8, 4) is 11.3 Å². The van der Waals surface area contributed by atoms with Gasteiger partial charge in [-0.3, -0.25) is 19.4 Å². The second kappa shape index (κ2) is 9.64. The molecule has 0 aliphatic carbocycles. The maximum Gasteiger partial charge on any atom is 0.265 e. The van der Waals surface area contributed by atoms with Gasteiger partial charge in [0.05, 0.1) is 0 Å². The summed E-state index contributed by atoms with van der Waals surface area (Å²) in [5, 5.41) is 0.279. The fourth-order valence-electron chi connectivity index (χ4n) is 4.60. The van der Waals surface area contributed by atoms with Crippen molar-refractivity contribution in [3.05, 3.63) is 52.2 Å². The third-order valence-electron chi connectivity index (χ3n) is 6.53. The lowest BCUT2D eigenvalue weighted by atomic mass is 9.87. The first-order chi connectivity index (χ1) is 15.5. The zero-order valence-corrected chi connectivity index (χ0v) is 21.8.